The van der Waals surface area contributed by atoms with Crippen molar-refractivity contribution >= 4 is 5.97 Å². The smallest absolute Gasteiger partial charge is 0.317 e. The maximum atomic E-state index is 10.8. The Morgan fingerprint density at radius 1 is 1.50 bits per heavy atom. The summed E-state index contributed by atoms with van der Waals surface area (Å²) >= 11 is 0. The number of terminal acetylenes is 1. The quantitative estimate of drug-likeness (QED) is 0.724. The minimum absolute atomic E-state index is 0.0574. The lowest BCUT2D eigenvalue weighted by Gasteiger charge is -2.34. The van der Waals surface area contributed by atoms with Gasteiger partial charge in [-0.15, -0.1) is 6.42 Å². The van der Waals surface area contributed by atoms with E-state index in [2.05, 4.69) is 12.8 Å². The van der Waals surface area contributed by atoms with Crippen LogP contribution in [-0.2, 0) is 4.79 Å². The maximum Gasteiger partial charge on any atom is 0.317 e. The third-order valence-corrected chi connectivity index (χ3v) is 3.54. The fourth-order valence-corrected chi connectivity index (χ4v) is 2.55. The first kappa shape index (κ1) is 13.1. The number of hydrogen-bond acceptors (Lipinski definition) is 2. The van der Waals surface area contributed by atoms with Gasteiger partial charge < -0.3 is 5.11 Å². The molecule has 16 heavy (non-hydrogen) atoms. The Bertz CT molecular complexity index is 264. The van der Waals surface area contributed by atoms with Crippen LogP contribution in [0.15, 0.2) is 0 Å². The number of carboxylic acid groups (broad SMARTS) is 1. The lowest BCUT2D eigenvalue weighted by Crippen LogP contribution is -2.42. The van der Waals surface area contributed by atoms with E-state index in [0.717, 1.165) is 0 Å². The highest BCUT2D eigenvalue weighted by molar-refractivity contribution is 5.69. The molecule has 3 heteroatoms. The van der Waals surface area contributed by atoms with Gasteiger partial charge in [-0.25, -0.2) is 0 Å². The second-order valence-corrected chi connectivity index (χ2v) is 4.64. The van der Waals surface area contributed by atoms with Crippen molar-refractivity contribution in [1.29, 1.82) is 0 Å². The Labute approximate surface area is 97.8 Å². The molecule has 0 radical (unpaired) electrons. The average molecular weight is 223 g/mol. The van der Waals surface area contributed by atoms with Crippen LogP contribution >= 0.6 is 0 Å². The van der Waals surface area contributed by atoms with Gasteiger partial charge >= 0.3 is 5.97 Å². The van der Waals surface area contributed by atoms with Crippen LogP contribution in [0.3, 0.4) is 0 Å². The summed E-state index contributed by atoms with van der Waals surface area (Å²) in [6.07, 6.45) is 11.6. The lowest BCUT2D eigenvalue weighted by atomic mass is 9.84. The Kier molecular flexibility index (Phi) is 5.34. The molecule has 1 aliphatic rings. The number of carbonyl (C=O) groups is 1. The number of rotatable bonds is 5. The van der Waals surface area contributed by atoms with Crippen molar-refractivity contribution in [2.75, 3.05) is 13.1 Å². The summed E-state index contributed by atoms with van der Waals surface area (Å²) in [6, 6.07) is 0.285. The third-order valence-electron chi connectivity index (χ3n) is 3.54. The van der Waals surface area contributed by atoms with Crippen molar-refractivity contribution in [3.05, 3.63) is 0 Å². The van der Waals surface area contributed by atoms with Gasteiger partial charge in [-0.05, 0) is 25.7 Å². The summed E-state index contributed by atoms with van der Waals surface area (Å²) in [6.45, 7) is 2.60. The molecule has 0 aliphatic heterocycles. The Morgan fingerprint density at radius 2 is 2.12 bits per heavy atom. The zero-order chi connectivity index (χ0) is 12.0. The van der Waals surface area contributed by atoms with E-state index in [1.807, 2.05) is 4.90 Å². The highest BCUT2D eigenvalue weighted by atomic mass is 16.4. The molecular weight excluding hydrogens is 202 g/mol. The van der Waals surface area contributed by atoms with Crippen LogP contribution in [0.2, 0.25) is 0 Å². The fraction of sp³-hybridized carbons (Fsp3) is 0.769. The van der Waals surface area contributed by atoms with Crippen LogP contribution in [-0.4, -0.2) is 35.1 Å². The molecular formula is C13H21NO2. The monoisotopic (exact) mass is 223 g/mol. The average Bonchev–Trinajstić information content (AvgIpc) is 2.28. The van der Waals surface area contributed by atoms with E-state index in [1.54, 1.807) is 0 Å². The molecule has 1 N–H and O–H groups in total. The van der Waals surface area contributed by atoms with Gasteiger partial charge in [0.1, 0.15) is 0 Å². The number of nitrogens with zero attached hydrogens (tertiary/aromatic N) is 1. The highest BCUT2D eigenvalue weighted by Crippen LogP contribution is 2.28. The molecule has 0 saturated heterocycles. The Morgan fingerprint density at radius 3 is 2.62 bits per heavy atom. The van der Waals surface area contributed by atoms with Crippen molar-refractivity contribution in [3.8, 4) is 12.3 Å². The van der Waals surface area contributed by atoms with Crippen molar-refractivity contribution in [2.45, 2.75) is 45.1 Å². The molecule has 0 heterocycles. The van der Waals surface area contributed by atoms with Crippen LogP contribution < -0.4 is 0 Å². The molecule has 0 aromatic rings. The normalized spacial score (nSPS) is 19.3. The Balaban J connectivity index is 2.54. The lowest BCUT2D eigenvalue weighted by molar-refractivity contribution is -0.139. The molecule has 1 aliphatic carbocycles. The maximum absolute atomic E-state index is 10.8. The van der Waals surface area contributed by atoms with Gasteiger partial charge in [0.25, 0.3) is 0 Å². The largest absolute Gasteiger partial charge is 0.480 e. The summed E-state index contributed by atoms with van der Waals surface area (Å²) in [5.41, 5.74) is 0. The van der Waals surface area contributed by atoms with Crippen LogP contribution in [0.4, 0.5) is 0 Å². The second-order valence-electron chi connectivity index (χ2n) is 4.64. The highest BCUT2D eigenvalue weighted by Gasteiger charge is 2.25. The standard InChI is InChI=1S/C13H21NO2/c1-3-9-14(10-13(15)16)11(2)12-7-5-4-6-8-12/h1,11-12H,4-10H2,2H3,(H,15,16). The first-order valence-corrected chi connectivity index (χ1v) is 6.04. The van der Waals surface area contributed by atoms with E-state index in [1.165, 1.54) is 32.1 Å². The molecule has 1 saturated carbocycles. The van der Waals surface area contributed by atoms with Crippen molar-refractivity contribution < 1.29 is 9.90 Å². The van der Waals surface area contributed by atoms with Gasteiger partial charge in [-0.3, -0.25) is 9.69 Å². The fourth-order valence-electron chi connectivity index (χ4n) is 2.55. The van der Waals surface area contributed by atoms with Gasteiger partial charge in [0.05, 0.1) is 13.1 Å². The topological polar surface area (TPSA) is 40.5 Å². The number of carboxylic acids is 1. The van der Waals surface area contributed by atoms with E-state index in [0.29, 0.717) is 12.5 Å². The molecule has 3 nitrogen and oxygen atoms in total. The van der Waals surface area contributed by atoms with Gasteiger partial charge in [-0.2, -0.15) is 0 Å². The van der Waals surface area contributed by atoms with Gasteiger partial charge in [0.15, 0.2) is 0 Å². The molecule has 1 rings (SSSR count). The van der Waals surface area contributed by atoms with Crippen molar-refractivity contribution in [3.63, 3.8) is 0 Å². The van der Waals surface area contributed by atoms with Gasteiger partial charge in [0.2, 0.25) is 0 Å². The number of aliphatic carboxylic acids is 1. The summed E-state index contributed by atoms with van der Waals surface area (Å²) in [7, 11) is 0. The first-order valence-electron chi connectivity index (χ1n) is 6.04. The summed E-state index contributed by atoms with van der Waals surface area (Å²) in [5.74, 6) is 2.37. The molecule has 0 aromatic heterocycles. The van der Waals surface area contributed by atoms with E-state index < -0.39 is 5.97 Å². The number of hydrogen-bond donors (Lipinski definition) is 1. The summed E-state index contributed by atoms with van der Waals surface area (Å²) in [5, 5.41) is 8.85. The molecule has 0 amide bonds. The van der Waals surface area contributed by atoms with Gasteiger partial charge in [0, 0.05) is 6.04 Å². The van der Waals surface area contributed by atoms with Gasteiger partial charge in [-0.1, -0.05) is 25.2 Å². The van der Waals surface area contributed by atoms with E-state index in [4.69, 9.17) is 11.5 Å². The van der Waals surface area contributed by atoms with E-state index in [9.17, 15) is 4.79 Å². The second kappa shape index (κ2) is 6.55. The Hall–Kier alpha value is -1.01. The zero-order valence-corrected chi connectivity index (χ0v) is 9.98. The molecule has 0 bridgehead atoms. The van der Waals surface area contributed by atoms with E-state index in [-0.39, 0.29) is 12.6 Å². The SMILES string of the molecule is C#CCN(CC(=O)O)C(C)C1CCCCC1. The molecule has 1 unspecified atom stereocenters. The molecule has 0 spiro atoms. The third kappa shape index (κ3) is 3.86. The van der Waals surface area contributed by atoms with Crippen LogP contribution in [0.1, 0.15) is 39.0 Å². The van der Waals surface area contributed by atoms with Crippen LogP contribution in [0.25, 0.3) is 0 Å². The predicted octanol–water partition coefficient (Wildman–Crippen LogP) is 1.97. The molecule has 1 atom stereocenters. The minimum atomic E-state index is -0.794. The molecule has 0 aromatic carbocycles. The molecule has 90 valence electrons. The van der Waals surface area contributed by atoms with Crippen molar-refractivity contribution in [2.24, 2.45) is 5.92 Å². The van der Waals surface area contributed by atoms with Crippen molar-refractivity contribution in [1.82, 2.24) is 4.90 Å². The van der Waals surface area contributed by atoms with Crippen LogP contribution in [0, 0.1) is 18.3 Å². The minimum Gasteiger partial charge on any atom is -0.480 e. The zero-order valence-electron chi connectivity index (χ0n) is 9.98. The first-order chi connectivity index (χ1) is 7.65. The molecule has 1 fully saturated rings. The van der Waals surface area contributed by atoms with E-state index >= 15 is 0 Å². The summed E-state index contributed by atoms with van der Waals surface area (Å²) in [4.78, 5) is 12.7. The predicted molar refractivity (Wildman–Crippen MR) is 64.1 cm³/mol. The summed E-state index contributed by atoms with van der Waals surface area (Å²) < 4.78 is 0. The van der Waals surface area contributed by atoms with Crippen LogP contribution in [0.5, 0.6) is 0 Å².